The molecule has 0 radical (unpaired) electrons. The maximum absolute atomic E-state index is 12.8. The van der Waals surface area contributed by atoms with E-state index in [1.165, 1.54) is 38.5 Å². The van der Waals surface area contributed by atoms with E-state index in [0.717, 1.165) is 26.1 Å². The summed E-state index contributed by atoms with van der Waals surface area (Å²) < 4.78 is 0. The number of fused-ring (bicyclic) bond motifs is 2. The van der Waals surface area contributed by atoms with Crippen LogP contribution in [0.25, 0.3) is 0 Å². The summed E-state index contributed by atoms with van der Waals surface area (Å²) in [5.41, 5.74) is 0. The van der Waals surface area contributed by atoms with Crippen molar-refractivity contribution < 1.29 is 4.79 Å². The van der Waals surface area contributed by atoms with Crippen LogP contribution in [-0.2, 0) is 4.79 Å². The van der Waals surface area contributed by atoms with Crippen LogP contribution in [0.1, 0.15) is 58.8 Å². The molecule has 3 rings (SSSR count). The Bertz CT molecular complexity index is 355. The van der Waals surface area contributed by atoms with Gasteiger partial charge in [-0.15, -0.1) is 0 Å². The molecule has 0 saturated carbocycles. The average molecular weight is 293 g/mol. The van der Waals surface area contributed by atoms with Gasteiger partial charge < -0.3 is 10.2 Å². The Morgan fingerprint density at radius 1 is 1.24 bits per heavy atom. The fraction of sp³-hybridized carbons (Fsp3) is 0.941. The number of piperidine rings is 1. The normalized spacial score (nSPS) is 33.7. The summed E-state index contributed by atoms with van der Waals surface area (Å²) in [5.74, 6) is 0.367. The number of nitrogens with one attached hydrogen (secondary N) is 1. The molecule has 3 aliphatic heterocycles. The zero-order valence-electron chi connectivity index (χ0n) is 13.7. The number of rotatable bonds is 5. The molecule has 2 bridgehead atoms. The third kappa shape index (κ3) is 3.26. The van der Waals surface area contributed by atoms with Crippen molar-refractivity contribution >= 4 is 5.91 Å². The standard InChI is InChI=1S/C17H31N3O/c1-3-8-20(13(2)17(21)19-9-4-5-10-19)16-11-14-6-7-15(12-16)18-14/h13-16,18H,3-12H2,1-2H3. The summed E-state index contributed by atoms with van der Waals surface area (Å²) >= 11 is 0. The molecule has 1 amide bonds. The third-order valence-electron chi connectivity index (χ3n) is 5.67. The molecule has 3 atom stereocenters. The van der Waals surface area contributed by atoms with Crippen molar-refractivity contribution in [3.63, 3.8) is 0 Å². The zero-order valence-corrected chi connectivity index (χ0v) is 13.7. The SMILES string of the molecule is CCCN(C1CC2CCC(C1)N2)C(C)C(=O)N1CCCC1. The van der Waals surface area contributed by atoms with Gasteiger partial charge in [-0.1, -0.05) is 6.92 Å². The Hall–Kier alpha value is -0.610. The third-order valence-corrected chi connectivity index (χ3v) is 5.67. The van der Waals surface area contributed by atoms with Crippen molar-refractivity contribution in [1.29, 1.82) is 0 Å². The summed E-state index contributed by atoms with van der Waals surface area (Å²) in [6, 6.07) is 2.06. The Morgan fingerprint density at radius 2 is 1.86 bits per heavy atom. The maximum atomic E-state index is 12.8. The fourth-order valence-electron chi connectivity index (χ4n) is 4.59. The lowest BCUT2D eigenvalue weighted by atomic mass is 9.96. The van der Waals surface area contributed by atoms with Gasteiger partial charge in [0.15, 0.2) is 0 Å². The van der Waals surface area contributed by atoms with Gasteiger partial charge in [0.25, 0.3) is 0 Å². The van der Waals surface area contributed by atoms with Crippen LogP contribution in [0.4, 0.5) is 0 Å². The molecule has 4 nitrogen and oxygen atoms in total. The number of amides is 1. The Kier molecular flexibility index (Phi) is 4.85. The van der Waals surface area contributed by atoms with E-state index < -0.39 is 0 Å². The lowest BCUT2D eigenvalue weighted by molar-refractivity contribution is -0.136. The smallest absolute Gasteiger partial charge is 0.239 e. The maximum Gasteiger partial charge on any atom is 0.239 e. The van der Waals surface area contributed by atoms with Gasteiger partial charge in [0.1, 0.15) is 0 Å². The van der Waals surface area contributed by atoms with Crippen molar-refractivity contribution in [3.05, 3.63) is 0 Å². The Balaban J connectivity index is 1.66. The van der Waals surface area contributed by atoms with E-state index in [4.69, 9.17) is 0 Å². The van der Waals surface area contributed by atoms with Crippen LogP contribution in [-0.4, -0.2) is 59.5 Å². The van der Waals surface area contributed by atoms with Gasteiger partial charge in [-0.2, -0.15) is 0 Å². The predicted molar refractivity (Wildman–Crippen MR) is 85.2 cm³/mol. The summed E-state index contributed by atoms with van der Waals surface area (Å²) in [7, 11) is 0. The van der Waals surface area contributed by atoms with Crippen LogP contribution in [0.5, 0.6) is 0 Å². The van der Waals surface area contributed by atoms with E-state index in [1.54, 1.807) is 0 Å². The number of hydrogen-bond donors (Lipinski definition) is 1. The first-order valence-electron chi connectivity index (χ1n) is 8.99. The van der Waals surface area contributed by atoms with Crippen LogP contribution >= 0.6 is 0 Å². The van der Waals surface area contributed by atoms with Gasteiger partial charge in [0.2, 0.25) is 5.91 Å². The van der Waals surface area contributed by atoms with E-state index >= 15 is 0 Å². The summed E-state index contributed by atoms with van der Waals surface area (Å²) in [5, 5.41) is 3.72. The number of carbonyl (C=O) groups is 1. The lowest BCUT2D eigenvalue weighted by Crippen LogP contribution is -2.55. The van der Waals surface area contributed by atoms with E-state index in [1.807, 2.05) is 0 Å². The monoisotopic (exact) mass is 293 g/mol. The van der Waals surface area contributed by atoms with Gasteiger partial charge >= 0.3 is 0 Å². The molecule has 0 aromatic rings. The molecule has 0 spiro atoms. The fourth-order valence-corrected chi connectivity index (χ4v) is 4.59. The molecule has 0 aliphatic carbocycles. The molecule has 0 aromatic carbocycles. The Labute approximate surface area is 129 Å². The van der Waals surface area contributed by atoms with E-state index in [2.05, 4.69) is 29.0 Å². The van der Waals surface area contributed by atoms with Gasteiger partial charge in [-0.3, -0.25) is 9.69 Å². The summed E-state index contributed by atoms with van der Waals surface area (Å²) in [4.78, 5) is 17.4. The van der Waals surface area contributed by atoms with Crippen molar-refractivity contribution in [2.24, 2.45) is 0 Å². The largest absolute Gasteiger partial charge is 0.341 e. The van der Waals surface area contributed by atoms with Crippen LogP contribution < -0.4 is 5.32 Å². The van der Waals surface area contributed by atoms with Gasteiger partial charge in [-0.25, -0.2) is 0 Å². The molecule has 1 N–H and O–H groups in total. The molecule has 120 valence electrons. The average Bonchev–Trinajstić information content (AvgIpc) is 3.13. The quantitative estimate of drug-likeness (QED) is 0.842. The number of likely N-dealkylation sites (tertiary alicyclic amines) is 1. The molecular weight excluding hydrogens is 262 g/mol. The Morgan fingerprint density at radius 3 is 2.43 bits per heavy atom. The van der Waals surface area contributed by atoms with Crippen LogP contribution in [0.3, 0.4) is 0 Å². The van der Waals surface area contributed by atoms with Crippen molar-refractivity contribution in [1.82, 2.24) is 15.1 Å². The molecule has 3 saturated heterocycles. The van der Waals surface area contributed by atoms with Crippen molar-refractivity contribution in [3.8, 4) is 0 Å². The van der Waals surface area contributed by atoms with Gasteiger partial charge in [0, 0.05) is 31.2 Å². The molecule has 21 heavy (non-hydrogen) atoms. The van der Waals surface area contributed by atoms with Crippen LogP contribution in [0, 0.1) is 0 Å². The molecule has 0 aromatic heterocycles. The summed E-state index contributed by atoms with van der Waals surface area (Å²) in [6.07, 6.45) is 8.62. The number of hydrogen-bond acceptors (Lipinski definition) is 3. The number of nitrogens with zero attached hydrogens (tertiary/aromatic N) is 2. The molecule has 3 heterocycles. The van der Waals surface area contributed by atoms with Crippen molar-refractivity contribution in [2.75, 3.05) is 19.6 Å². The topological polar surface area (TPSA) is 35.6 Å². The number of carbonyl (C=O) groups excluding carboxylic acids is 1. The molecule has 3 fully saturated rings. The molecule has 4 heteroatoms. The first-order valence-corrected chi connectivity index (χ1v) is 8.99. The van der Waals surface area contributed by atoms with Gasteiger partial charge in [0.05, 0.1) is 6.04 Å². The molecule has 3 aliphatic rings. The predicted octanol–water partition coefficient (Wildman–Crippen LogP) is 1.99. The van der Waals surface area contributed by atoms with Crippen LogP contribution in [0.2, 0.25) is 0 Å². The second-order valence-electron chi connectivity index (χ2n) is 7.21. The highest BCUT2D eigenvalue weighted by Crippen LogP contribution is 2.31. The highest BCUT2D eigenvalue weighted by atomic mass is 16.2. The minimum Gasteiger partial charge on any atom is -0.341 e. The molecule has 3 unspecified atom stereocenters. The van der Waals surface area contributed by atoms with Crippen molar-refractivity contribution in [2.45, 2.75) is 83.0 Å². The zero-order chi connectivity index (χ0) is 14.8. The second kappa shape index (κ2) is 6.66. The lowest BCUT2D eigenvalue weighted by Gasteiger charge is -2.41. The van der Waals surface area contributed by atoms with E-state index in [-0.39, 0.29) is 6.04 Å². The summed E-state index contributed by atoms with van der Waals surface area (Å²) in [6.45, 7) is 7.38. The first-order chi connectivity index (χ1) is 10.2. The molecular formula is C17H31N3O. The van der Waals surface area contributed by atoms with Gasteiger partial charge in [-0.05, 0) is 58.4 Å². The second-order valence-corrected chi connectivity index (χ2v) is 7.21. The van der Waals surface area contributed by atoms with E-state index in [0.29, 0.717) is 24.0 Å². The minimum atomic E-state index is 0.0607. The first kappa shape index (κ1) is 15.3. The minimum absolute atomic E-state index is 0.0607. The van der Waals surface area contributed by atoms with Crippen LogP contribution in [0.15, 0.2) is 0 Å². The highest BCUT2D eigenvalue weighted by molar-refractivity contribution is 5.81. The van der Waals surface area contributed by atoms with E-state index in [9.17, 15) is 4.79 Å². The highest BCUT2D eigenvalue weighted by Gasteiger charge is 2.39.